The summed E-state index contributed by atoms with van der Waals surface area (Å²) in [6.45, 7) is 0. The van der Waals surface area contributed by atoms with Gasteiger partial charge in [-0.2, -0.15) is 4.67 Å². The van der Waals surface area contributed by atoms with Gasteiger partial charge in [0, 0.05) is 22.9 Å². The van der Waals surface area contributed by atoms with Crippen LogP contribution in [0.3, 0.4) is 0 Å². The zero-order chi connectivity index (χ0) is 27.2. The van der Waals surface area contributed by atoms with Crippen molar-refractivity contribution in [3.8, 4) is 0 Å². The second-order valence-corrected chi connectivity index (χ2v) is 13.2. The van der Waals surface area contributed by atoms with Crippen molar-refractivity contribution < 1.29 is 8.39 Å². The van der Waals surface area contributed by atoms with Crippen LogP contribution in [0.2, 0.25) is 0 Å². The van der Waals surface area contributed by atoms with Crippen molar-refractivity contribution in [2.24, 2.45) is 0 Å². The third-order valence-electron chi connectivity index (χ3n) is 9.44. The van der Waals surface area contributed by atoms with E-state index in [2.05, 4.69) is 102 Å². The lowest BCUT2D eigenvalue weighted by Gasteiger charge is -2.34. The van der Waals surface area contributed by atoms with Crippen LogP contribution < -0.4 is 4.67 Å². The van der Waals surface area contributed by atoms with Crippen LogP contribution in [0.4, 0.5) is 0 Å². The number of fused-ring (bicyclic) bond motifs is 8. The van der Waals surface area contributed by atoms with Gasteiger partial charge in [-0.3, -0.25) is 0 Å². The molecule has 3 nitrogen and oxygen atoms in total. The molecule has 1 atom stereocenters. The van der Waals surface area contributed by atoms with Crippen LogP contribution in [0.1, 0.15) is 68.5 Å². The molecular weight excluding hydrogens is 521 g/mol. The van der Waals surface area contributed by atoms with Crippen LogP contribution >= 0.6 is 8.16 Å². The van der Waals surface area contributed by atoms with Crippen molar-refractivity contribution in [1.82, 2.24) is 0 Å². The first-order chi connectivity index (χ1) is 20.3. The largest absolute Gasteiger partial charge is 0.408 e. The summed E-state index contributed by atoms with van der Waals surface area (Å²) in [6.07, 6.45) is 11.2. The zero-order valence-corrected chi connectivity index (χ0v) is 24.4. The molecule has 41 heavy (non-hydrogen) atoms. The van der Waals surface area contributed by atoms with Gasteiger partial charge in [-0.1, -0.05) is 117 Å². The summed E-state index contributed by atoms with van der Waals surface area (Å²) in [4.78, 5) is 0. The Bertz CT molecular complexity index is 1820. The molecule has 2 aliphatic rings. The molecule has 1 fully saturated rings. The second kappa shape index (κ2) is 10.7. The van der Waals surface area contributed by atoms with Gasteiger partial charge in [0.2, 0.25) is 0 Å². The third-order valence-corrected chi connectivity index (χ3v) is 11.1. The summed E-state index contributed by atoms with van der Waals surface area (Å²) in [5.74, 6) is 0. The Labute approximate surface area is 242 Å². The van der Waals surface area contributed by atoms with Crippen LogP contribution in [0.25, 0.3) is 43.5 Å². The summed E-state index contributed by atoms with van der Waals surface area (Å²) in [5, 5.41) is 7.19. The Morgan fingerprint density at radius 2 is 1.12 bits per heavy atom. The van der Waals surface area contributed by atoms with Gasteiger partial charge in [-0.25, -0.2) is 0 Å². The fourth-order valence-corrected chi connectivity index (χ4v) is 9.29. The molecule has 2 aliphatic carbocycles. The Morgan fingerprint density at radius 1 is 0.561 bits per heavy atom. The fraction of sp³-hybridized carbons (Fsp3) is 0.297. The molecule has 8 rings (SSSR count). The van der Waals surface area contributed by atoms with E-state index in [9.17, 15) is 0 Å². The molecule has 1 heterocycles. The molecule has 0 N–H and O–H groups in total. The lowest BCUT2D eigenvalue weighted by molar-refractivity contribution is 0.408. The summed E-state index contributed by atoms with van der Waals surface area (Å²) < 4.78 is 17.1. The highest BCUT2D eigenvalue weighted by molar-refractivity contribution is 7.39. The van der Waals surface area contributed by atoms with E-state index in [1.54, 1.807) is 0 Å². The molecule has 0 saturated heterocycles. The molecule has 0 amide bonds. The van der Waals surface area contributed by atoms with E-state index in [1.807, 2.05) is 0 Å². The van der Waals surface area contributed by atoms with Crippen molar-refractivity contribution in [2.75, 3.05) is 4.67 Å². The van der Waals surface area contributed by atoms with Gasteiger partial charge in [0.1, 0.15) is 11.2 Å². The predicted octanol–water partition coefficient (Wildman–Crippen LogP) is 11.3. The molecule has 0 aliphatic heterocycles. The van der Waals surface area contributed by atoms with Crippen molar-refractivity contribution in [3.05, 3.63) is 108 Å². The minimum atomic E-state index is -1.39. The number of hydrogen-bond donors (Lipinski definition) is 0. The maximum atomic E-state index is 7.18. The maximum absolute atomic E-state index is 7.18. The molecule has 0 bridgehead atoms. The van der Waals surface area contributed by atoms with Crippen LogP contribution in [-0.2, 0) is 6.42 Å². The smallest absolute Gasteiger partial charge is 0.310 e. The topological polar surface area (TPSA) is 29.5 Å². The normalized spacial score (nSPS) is 18.2. The van der Waals surface area contributed by atoms with E-state index < -0.39 is 8.16 Å². The molecule has 0 radical (unpaired) electrons. The molecule has 4 heteroatoms. The first-order valence-electron chi connectivity index (χ1n) is 15.4. The van der Waals surface area contributed by atoms with E-state index in [-0.39, 0.29) is 0 Å². The first kappa shape index (κ1) is 25.2. The van der Waals surface area contributed by atoms with Crippen LogP contribution in [0.15, 0.2) is 105 Å². The number of hydrogen-bond acceptors (Lipinski definition) is 3. The molecular formula is C37H36NO2P. The summed E-state index contributed by atoms with van der Waals surface area (Å²) in [7, 11) is -1.39. The Hall–Kier alpha value is -3.52. The first-order valence-corrected chi connectivity index (χ1v) is 16.5. The molecule has 5 aromatic carbocycles. The summed E-state index contributed by atoms with van der Waals surface area (Å²) >= 11 is 0. The molecule has 1 aromatic heterocycles. The van der Waals surface area contributed by atoms with Gasteiger partial charge in [0.05, 0.1) is 0 Å². The summed E-state index contributed by atoms with van der Waals surface area (Å²) in [6, 6.07) is 36.0. The Balaban J connectivity index is 1.45. The minimum Gasteiger partial charge on any atom is -0.408 e. The van der Waals surface area contributed by atoms with E-state index in [0.29, 0.717) is 12.1 Å². The van der Waals surface area contributed by atoms with Gasteiger partial charge in [0.15, 0.2) is 0 Å². The average Bonchev–Trinajstić information content (AvgIpc) is 3.33. The van der Waals surface area contributed by atoms with Gasteiger partial charge in [-0.05, 0) is 70.5 Å². The molecule has 206 valence electrons. The third kappa shape index (κ3) is 4.47. The Kier molecular flexibility index (Phi) is 6.59. The van der Waals surface area contributed by atoms with Gasteiger partial charge in [0.25, 0.3) is 0 Å². The Morgan fingerprint density at radius 3 is 1.78 bits per heavy atom. The number of nitrogens with zero attached hydrogens (tertiary/aromatic N) is 1. The molecule has 6 aromatic rings. The number of aryl methyl sites for hydroxylation is 1. The van der Waals surface area contributed by atoms with E-state index in [4.69, 9.17) is 8.39 Å². The van der Waals surface area contributed by atoms with Crippen molar-refractivity contribution in [2.45, 2.75) is 69.9 Å². The number of benzene rings is 5. The monoisotopic (exact) mass is 557 g/mol. The minimum absolute atomic E-state index is 0.313. The van der Waals surface area contributed by atoms with Crippen molar-refractivity contribution in [1.29, 1.82) is 0 Å². The van der Waals surface area contributed by atoms with Crippen molar-refractivity contribution >= 4 is 51.6 Å². The molecule has 0 spiro atoms. The molecule has 1 saturated carbocycles. The quantitative estimate of drug-likeness (QED) is 0.217. The standard InChI is InChI=1S/C37H36NO2P/c1-2-4-15-29(16-5-3-1)38(33-23-20-26-12-6-9-17-30(26)33)41-39-34-24-21-27-13-7-10-18-31(27)36(34)37-32-19-11-8-14-28(32)22-25-35(37)40-41/h6-14,17-19,21-22,24-25,29,33H,1-5,15-16,20,23H2/t33-/m1/s1. The van der Waals surface area contributed by atoms with Crippen molar-refractivity contribution in [3.63, 3.8) is 0 Å². The highest BCUT2D eigenvalue weighted by Gasteiger charge is 2.36. The lowest BCUT2D eigenvalue weighted by Crippen LogP contribution is -2.36. The fourth-order valence-electron chi connectivity index (χ4n) is 7.46. The number of rotatable bonds is 3. The van der Waals surface area contributed by atoms with E-state index in [1.165, 1.54) is 77.6 Å². The highest BCUT2D eigenvalue weighted by Crippen LogP contribution is 2.49. The van der Waals surface area contributed by atoms with Gasteiger partial charge < -0.3 is 8.39 Å². The maximum Gasteiger partial charge on any atom is 0.310 e. The van der Waals surface area contributed by atoms with Crippen LogP contribution in [-0.4, -0.2) is 6.04 Å². The SMILES string of the molecule is c1ccc2c(c1)CC[C@H]2N(C1CCCCCCC1)p1oc2ccc3ccccc3c2c2c(ccc3ccccc32)o1. The second-order valence-electron chi connectivity index (χ2n) is 11.9. The average molecular weight is 558 g/mol. The van der Waals surface area contributed by atoms with Gasteiger partial charge in [-0.15, -0.1) is 0 Å². The zero-order valence-electron chi connectivity index (χ0n) is 23.5. The van der Waals surface area contributed by atoms with Crippen LogP contribution in [0, 0.1) is 0 Å². The van der Waals surface area contributed by atoms with E-state index >= 15 is 0 Å². The highest BCUT2D eigenvalue weighted by atomic mass is 31.1. The lowest BCUT2D eigenvalue weighted by atomic mass is 9.95. The summed E-state index contributed by atoms with van der Waals surface area (Å²) in [5.41, 5.74) is 4.82. The predicted molar refractivity (Wildman–Crippen MR) is 173 cm³/mol. The van der Waals surface area contributed by atoms with E-state index in [0.717, 1.165) is 34.8 Å². The molecule has 0 unspecified atom stereocenters. The van der Waals surface area contributed by atoms with Gasteiger partial charge >= 0.3 is 8.16 Å². The van der Waals surface area contributed by atoms with Crippen LogP contribution in [0.5, 0.6) is 0 Å².